The van der Waals surface area contributed by atoms with E-state index in [4.69, 9.17) is 9.47 Å². The molecule has 128 valence electrons. The van der Waals surface area contributed by atoms with Gasteiger partial charge in [-0.25, -0.2) is 4.99 Å². The summed E-state index contributed by atoms with van der Waals surface area (Å²) in [6.45, 7) is 6.65. The number of esters is 1. The second-order valence-electron chi connectivity index (χ2n) is 5.71. The SMILES string of the molecule is CCC1OC(N2C=CC(NC(C)=O)=NC2O)C(OC(C)=O)C1C. The molecule has 0 aliphatic carbocycles. The monoisotopic (exact) mass is 325 g/mol. The molecule has 0 spiro atoms. The predicted molar refractivity (Wildman–Crippen MR) is 81.9 cm³/mol. The van der Waals surface area contributed by atoms with Gasteiger partial charge in [-0.2, -0.15) is 0 Å². The molecule has 2 aliphatic rings. The van der Waals surface area contributed by atoms with Gasteiger partial charge in [0.25, 0.3) is 0 Å². The third-order valence-electron chi connectivity index (χ3n) is 3.93. The predicted octanol–water partition coefficient (Wildman–Crippen LogP) is 0.329. The van der Waals surface area contributed by atoms with Crippen molar-refractivity contribution in [3.8, 4) is 0 Å². The number of hydrogen-bond donors (Lipinski definition) is 2. The Bertz CT molecular complexity index is 533. The number of amides is 1. The Morgan fingerprint density at radius 3 is 2.70 bits per heavy atom. The minimum atomic E-state index is -1.23. The average molecular weight is 325 g/mol. The van der Waals surface area contributed by atoms with Crippen molar-refractivity contribution in [2.75, 3.05) is 0 Å². The lowest BCUT2D eigenvalue weighted by Crippen LogP contribution is -2.48. The van der Waals surface area contributed by atoms with E-state index in [1.54, 1.807) is 12.3 Å². The first-order valence-corrected chi connectivity index (χ1v) is 7.65. The lowest BCUT2D eigenvalue weighted by molar-refractivity contribution is -0.164. The highest BCUT2D eigenvalue weighted by molar-refractivity contribution is 6.03. The Morgan fingerprint density at radius 2 is 2.17 bits per heavy atom. The number of aliphatic imine (C=N–C) groups is 1. The number of rotatable bonds is 3. The molecule has 0 aromatic heterocycles. The lowest BCUT2D eigenvalue weighted by atomic mass is 9.98. The highest BCUT2D eigenvalue weighted by Crippen LogP contribution is 2.34. The average Bonchev–Trinajstić information content (AvgIpc) is 2.75. The van der Waals surface area contributed by atoms with Gasteiger partial charge in [-0.15, -0.1) is 0 Å². The summed E-state index contributed by atoms with van der Waals surface area (Å²) < 4.78 is 11.3. The van der Waals surface area contributed by atoms with Crippen molar-refractivity contribution in [2.24, 2.45) is 10.9 Å². The van der Waals surface area contributed by atoms with Crippen LogP contribution in [0.15, 0.2) is 17.3 Å². The number of aliphatic hydroxyl groups excluding tert-OH is 1. The fraction of sp³-hybridized carbons (Fsp3) is 0.667. The van der Waals surface area contributed by atoms with Crippen molar-refractivity contribution >= 4 is 17.7 Å². The molecule has 2 heterocycles. The summed E-state index contributed by atoms with van der Waals surface area (Å²) in [6.07, 6.45) is 1.46. The largest absolute Gasteiger partial charge is 0.457 e. The maximum absolute atomic E-state index is 11.4. The molecular formula is C15H23N3O5. The highest BCUT2D eigenvalue weighted by atomic mass is 16.6. The summed E-state index contributed by atoms with van der Waals surface area (Å²) in [5.74, 6) is -0.410. The van der Waals surface area contributed by atoms with E-state index in [-0.39, 0.29) is 23.8 Å². The van der Waals surface area contributed by atoms with Crippen molar-refractivity contribution in [2.45, 2.75) is 58.9 Å². The van der Waals surface area contributed by atoms with E-state index in [0.29, 0.717) is 0 Å². The number of carbonyl (C=O) groups excluding carboxylic acids is 2. The molecule has 2 N–H and O–H groups in total. The lowest BCUT2D eigenvalue weighted by Gasteiger charge is -2.34. The molecule has 1 saturated heterocycles. The van der Waals surface area contributed by atoms with E-state index >= 15 is 0 Å². The van der Waals surface area contributed by atoms with Gasteiger partial charge in [0.1, 0.15) is 5.84 Å². The van der Waals surface area contributed by atoms with Gasteiger partial charge in [0.2, 0.25) is 12.3 Å². The Kier molecular flexibility index (Phi) is 5.38. The maximum Gasteiger partial charge on any atom is 0.303 e. The van der Waals surface area contributed by atoms with Gasteiger partial charge in [0.15, 0.2) is 12.3 Å². The third-order valence-corrected chi connectivity index (χ3v) is 3.93. The van der Waals surface area contributed by atoms with Gasteiger partial charge in [0, 0.05) is 26.0 Å². The zero-order valence-corrected chi connectivity index (χ0v) is 13.7. The topological polar surface area (TPSA) is 100 Å². The molecule has 0 aromatic rings. The van der Waals surface area contributed by atoms with Crippen LogP contribution in [0.5, 0.6) is 0 Å². The summed E-state index contributed by atoms with van der Waals surface area (Å²) in [4.78, 5) is 27.9. The first-order valence-electron chi connectivity index (χ1n) is 7.65. The number of ether oxygens (including phenoxy) is 2. The summed E-state index contributed by atoms with van der Waals surface area (Å²) in [7, 11) is 0. The van der Waals surface area contributed by atoms with Gasteiger partial charge in [-0.05, 0) is 12.5 Å². The number of carbonyl (C=O) groups is 2. The molecule has 0 radical (unpaired) electrons. The summed E-state index contributed by atoms with van der Waals surface area (Å²) >= 11 is 0. The maximum atomic E-state index is 11.4. The van der Waals surface area contributed by atoms with Crippen LogP contribution in [0.4, 0.5) is 0 Å². The molecule has 5 unspecified atom stereocenters. The second kappa shape index (κ2) is 7.10. The number of nitrogens with one attached hydrogen (secondary N) is 1. The summed E-state index contributed by atoms with van der Waals surface area (Å²) in [6, 6.07) is 0. The molecule has 0 aromatic carbocycles. The molecule has 0 saturated carbocycles. The Morgan fingerprint density at radius 1 is 1.48 bits per heavy atom. The molecule has 8 heteroatoms. The van der Waals surface area contributed by atoms with E-state index in [9.17, 15) is 14.7 Å². The molecule has 1 fully saturated rings. The standard InChI is InChI=1S/C15H23N3O5/c1-5-11-8(2)13(22-10(4)20)14(23-11)18-7-6-12(16-9(3)19)17-15(18)21/h6-8,11,13-15,21H,5H2,1-4H3,(H,16,17,19). The molecule has 5 atom stereocenters. The first kappa shape index (κ1) is 17.4. The molecule has 1 amide bonds. The highest BCUT2D eigenvalue weighted by Gasteiger charge is 2.47. The number of amidine groups is 1. The van der Waals surface area contributed by atoms with Crippen LogP contribution in [-0.4, -0.2) is 52.5 Å². The van der Waals surface area contributed by atoms with Crippen LogP contribution in [0, 0.1) is 5.92 Å². The fourth-order valence-corrected chi connectivity index (χ4v) is 2.86. The Hall–Kier alpha value is -1.93. The van der Waals surface area contributed by atoms with Gasteiger partial charge in [0.05, 0.1) is 6.10 Å². The van der Waals surface area contributed by atoms with Crippen LogP contribution in [0.2, 0.25) is 0 Å². The van der Waals surface area contributed by atoms with E-state index in [2.05, 4.69) is 10.3 Å². The Balaban J connectivity index is 2.16. The minimum absolute atomic E-state index is 0.00442. The van der Waals surface area contributed by atoms with E-state index in [0.717, 1.165) is 6.42 Å². The van der Waals surface area contributed by atoms with Crippen molar-refractivity contribution in [3.05, 3.63) is 12.3 Å². The fourth-order valence-electron chi connectivity index (χ4n) is 2.86. The van der Waals surface area contributed by atoms with Crippen molar-refractivity contribution in [1.82, 2.24) is 10.2 Å². The van der Waals surface area contributed by atoms with Crippen molar-refractivity contribution in [1.29, 1.82) is 0 Å². The number of nitrogens with zero attached hydrogens (tertiary/aromatic N) is 2. The quantitative estimate of drug-likeness (QED) is 0.725. The molecular weight excluding hydrogens is 302 g/mol. The first-order chi connectivity index (χ1) is 10.8. The van der Waals surface area contributed by atoms with E-state index < -0.39 is 24.7 Å². The smallest absolute Gasteiger partial charge is 0.303 e. The van der Waals surface area contributed by atoms with Crippen LogP contribution < -0.4 is 5.32 Å². The normalized spacial score (nSPS) is 33.3. The molecule has 23 heavy (non-hydrogen) atoms. The third kappa shape index (κ3) is 3.89. The minimum Gasteiger partial charge on any atom is -0.457 e. The van der Waals surface area contributed by atoms with Gasteiger partial charge in [-0.3, -0.25) is 9.59 Å². The molecule has 2 rings (SSSR count). The number of aliphatic hydroxyl groups is 1. The molecule has 0 bridgehead atoms. The van der Waals surface area contributed by atoms with Gasteiger partial charge in [-0.1, -0.05) is 13.8 Å². The van der Waals surface area contributed by atoms with E-state index in [1.165, 1.54) is 18.7 Å². The summed E-state index contributed by atoms with van der Waals surface area (Å²) in [5.41, 5.74) is 0. The molecule has 2 aliphatic heterocycles. The Labute approximate surface area is 135 Å². The van der Waals surface area contributed by atoms with Crippen LogP contribution in [0.1, 0.15) is 34.1 Å². The van der Waals surface area contributed by atoms with E-state index in [1.807, 2.05) is 13.8 Å². The van der Waals surface area contributed by atoms with Gasteiger partial charge >= 0.3 is 5.97 Å². The zero-order chi connectivity index (χ0) is 17.1. The van der Waals surface area contributed by atoms with Crippen molar-refractivity contribution in [3.63, 3.8) is 0 Å². The zero-order valence-electron chi connectivity index (χ0n) is 13.7. The number of hydrogen-bond acceptors (Lipinski definition) is 7. The van der Waals surface area contributed by atoms with Crippen LogP contribution >= 0.6 is 0 Å². The van der Waals surface area contributed by atoms with Crippen LogP contribution in [0.3, 0.4) is 0 Å². The van der Waals surface area contributed by atoms with Gasteiger partial charge < -0.3 is 24.8 Å². The summed E-state index contributed by atoms with van der Waals surface area (Å²) in [5, 5.41) is 12.7. The van der Waals surface area contributed by atoms with Crippen LogP contribution in [-0.2, 0) is 19.1 Å². The molecule has 8 nitrogen and oxygen atoms in total. The van der Waals surface area contributed by atoms with Crippen molar-refractivity contribution < 1.29 is 24.2 Å². The van der Waals surface area contributed by atoms with Crippen LogP contribution in [0.25, 0.3) is 0 Å². The second-order valence-corrected chi connectivity index (χ2v) is 5.71.